The van der Waals surface area contributed by atoms with Gasteiger partial charge in [0.2, 0.25) is 5.91 Å². The number of ether oxygens (including phenoxy) is 1. The van der Waals surface area contributed by atoms with Gasteiger partial charge in [-0.05, 0) is 37.1 Å². The van der Waals surface area contributed by atoms with Gasteiger partial charge < -0.3 is 10.1 Å². The molecule has 1 saturated heterocycles. The summed E-state index contributed by atoms with van der Waals surface area (Å²) in [7, 11) is -2.25. The summed E-state index contributed by atoms with van der Waals surface area (Å²) in [6.45, 7) is 0.362. The molecule has 156 valence electrons. The second-order valence-electron chi connectivity index (χ2n) is 6.37. The average Bonchev–Trinajstić information content (AvgIpc) is 3.15. The molecule has 2 heterocycles. The number of hydrogen-bond acceptors (Lipinski definition) is 7. The van der Waals surface area contributed by atoms with Gasteiger partial charge in [-0.3, -0.25) is 14.9 Å². The van der Waals surface area contributed by atoms with Crippen molar-refractivity contribution < 1.29 is 22.9 Å². The number of thiophene rings is 1. The van der Waals surface area contributed by atoms with Gasteiger partial charge in [-0.25, -0.2) is 8.42 Å². The van der Waals surface area contributed by atoms with E-state index >= 15 is 0 Å². The predicted molar refractivity (Wildman–Crippen MR) is 109 cm³/mol. The van der Waals surface area contributed by atoms with E-state index in [9.17, 15) is 23.3 Å². The zero-order valence-corrected chi connectivity index (χ0v) is 17.7. The van der Waals surface area contributed by atoms with E-state index in [1.54, 1.807) is 0 Å². The molecule has 0 spiro atoms. The molecule has 2 aromatic rings. The van der Waals surface area contributed by atoms with E-state index in [4.69, 9.17) is 16.3 Å². The number of nitro benzene ring substituents is 1. The fourth-order valence-electron chi connectivity index (χ4n) is 3.05. The molecule has 29 heavy (non-hydrogen) atoms. The van der Waals surface area contributed by atoms with Crippen LogP contribution in [0, 0.1) is 16.0 Å². The maximum absolute atomic E-state index is 12.6. The number of carbonyl (C=O) groups is 1. The first-order valence-electron chi connectivity index (χ1n) is 8.61. The number of anilines is 1. The van der Waals surface area contributed by atoms with Crippen LogP contribution in [0.3, 0.4) is 0 Å². The van der Waals surface area contributed by atoms with Gasteiger partial charge in [0.05, 0.1) is 22.4 Å². The molecule has 3 rings (SSSR count). The second kappa shape index (κ2) is 8.66. The van der Waals surface area contributed by atoms with Gasteiger partial charge in [0.15, 0.2) is 0 Å². The summed E-state index contributed by atoms with van der Waals surface area (Å²) in [5.74, 6) is -0.522. The molecular formula is C17H18ClN3O6S2. The monoisotopic (exact) mass is 459 g/mol. The minimum Gasteiger partial charge on any atom is -0.496 e. The predicted octanol–water partition coefficient (Wildman–Crippen LogP) is 3.36. The average molecular weight is 460 g/mol. The third kappa shape index (κ3) is 4.69. The molecule has 1 fully saturated rings. The lowest BCUT2D eigenvalue weighted by Gasteiger charge is -2.30. The third-order valence-corrected chi connectivity index (χ3v) is 8.22. The first-order chi connectivity index (χ1) is 13.7. The summed E-state index contributed by atoms with van der Waals surface area (Å²) in [4.78, 5) is 23.2. The van der Waals surface area contributed by atoms with E-state index in [1.165, 1.54) is 41.7 Å². The maximum Gasteiger partial charge on any atom is 0.296 e. The van der Waals surface area contributed by atoms with Crippen LogP contribution in [0.5, 0.6) is 5.75 Å². The molecule has 0 unspecified atom stereocenters. The highest BCUT2D eigenvalue weighted by Crippen LogP contribution is 2.32. The number of methoxy groups -OCH3 is 1. The molecule has 12 heteroatoms. The number of nitrogens with zero attached hydrogens (tertiary/aromatic N) is 2. The van der Waals surface area contributed by atoms with Gasteiger partial charge in [0.1, 0.15) is 15.6 Å². The lowest BCUT2D eigenvalue weighted by Crippen LogP contribution is -2.41. The van der Waals surface area contributed by atoms with Crippen LogP contribution in [0.1, 0.15) is 12.8 Å². The number of piperidine rings is 1. The highest BCUT2D eigenvalue weighted by atomic mass is 35.5. The van der Waals surface area contributed by atoms with Crippen LogP contribution in [0.15, 0.2) is 34.5 Å². The van der Waals surface area contributed by atoms with Crippen molar-refractivity contribution in [2.45, 2.75) is 17.1 Å². The van der Waals surface area contributed by atoms with Crippen molar-refractivity contribution in [1.82, 2.24) is 4.31 Å². The Kier molecular flexibility index (Phi) is 6.42. The minimum atomic E-state index is -3.64. The van der Waals surface area contributed by atoms with Crippen LogP contribution in [0.2, 0.25) is 4.34 Å². The molecule has 0 aliphatic carbocycles. The Bertz CT molecular complexity index is 1030. The van der Waals surface area contributed by atoms with Gasteiger partial charge in [0.25, 0.3) is 15.7 Å². The molecule has 9 nitrogen and oxygen atoms in total. The first kappa shape index (κ1) is 21.5. The number of amides is 1. The van der Waals surface area contributed by atoms with Gasteiger partial charge in [0, 0.05) is 19.0 Å². The zero-order valence-electron chi connectivity index (χ0n) is 15.3. The first-order valence-corrected chi connectivity index (χ1v) is 11.2. The van der Waals surface area contributed by atoms with E-state index in [2.05, 4.69) is 5.32 Å². The van der Waals surface area contributed by atoms with Crippen LogP contribution >= 0.6 is 22.9 Å². The smallest absolute Gasteiger partial charge is 0.296 e. The number of benzene rings is 1. The molecule has 1 aromatic carbocycles. The number of carbonyl (C=O) groups excluding carboxylic acids is 1. The minimum absolute atomic E-state index is 0.0732. The Morgan fingerprint density at radius 3 is 2.55 bits per heavy atom. The van der Waals surface area contributed by atoms with Crippen LogP contribution in [0.25, 0.3) is 0 Å². The molecule has 1 aliphatic rings. The van der Waals surface area contributed by atoms with E-state index < -0.39 is 20.9 Å². The molecule has 0 bridgehead atoms. The van der Waals surface area contributed by atoms with Gasteiger partial charge in [-0.1, -0.05) is 11.6 Å². The van der Waals surface area contributed by atoms with Gasteiger partial charge >= 0.3 is 0 Å². The zero-order chi connectivity index (χ0) is 21.2. The highest BCUT2D eigenvalue weighted by Gasteiger charge is 2.33. The summed E-state index contributed by atoms with van der Waals surface area (Å²) < 4.78 is 32.1. The number of hydrogen-bond donors (Lipinski definition) is 1. The van der Waals surface area contributed by atoms with E-state index in [0.29, 0.717) is 22.9 Å². The SMILES string of the molecule is COc1ccc(NC(=O)C2CCN(S(=O)(=O)c3ccc(Cl)s3)CC2)c([N+](=O)[O-])c1. The molecule has 1 aliphatic heterocycles. The van der Waals surface area contributed by atoms with Crippen molar-refractivity contribution in [3.63, 3.8) is 0 Å². The number of nitrogens with one attached hydrogen (secondary N) is 1. The third-order valence-electron chi connectivity index (χ3n) is 4.63. The van der Waals surface area contributed by atoms with Crippen molar-refractivity contribution in [3.8, 4) is 5.75 Å². The summed E-state index contributed by atoms with van der Waals surface area (Å²) in [5.41, 5.74) is -0.198. The quantitative estimate of drug-likeness (QED) is 0.522. The van der Waals surface area contributed by atoms with Gasteiger partial charge in [-0.15, -0.1) is 11.3 Å². The molecular weight excluding hydrogens is 442 g/mol. The molecule has 1 amide bonds. The Hall–Kier alpha value is -2.21. The topological polar surface area (TPSA) is 119 Å². The second-order valence-corrected chi connectivity index (χ2v) is 10.2. The summed E-state index contributed by atoms with van der Waals surface area (Å²) in [6.07, 6.45) is 0.627. The molecule has 0 saturated carbocycles. The summed E-state index contributed by atoms with van der Waals surface area (Å²) in [5, 5.41) is 13.8. The van der Waals surface area contributed by atoms with Crippen molar-refractivity contribution >= 4 is 50.2 Å². The summed E-state index contributed by atoms with van der Waals surface area (Å²) in [6, 6.07) is 7.15. The van der Waals surface area contributed by atoms with Gasteiger partial charge in [-0.2, -0.15) is 4.31 Å². The number of rotatable bonds is 6. The molecule has 0 radical (unpaired) electrons. The Morgan fingerprint density at radius 2 is 2.00 bits per heavy atom. The standard InChI is InChI=1S/C17H18ClN3O6S2/c1-27-12-2-3-13(14(10-12)21(23)24)19-17(22)11-6-8-20(9-7-11)29(25,26)16-5-4-15(18)28-16/h2-5,10-11H,6-9H2,1H3,(H,19,22). The van der Waals surface area contributed by atoms with Crippen LogP contribution < -0.4 is 10.1 Å². The van der Waals surface area contributed by atoms with E-state index in [1.807, 2.05) is 0 Å². The lowest BCUT2D eigenvalue weighted by molar-refractivity contribution is -0.384. The Morgan fingerprint density at radius 1 is 1.31 bits per heavy atom. The maximum atomic E-state index is 12.6. The van der Waals surface area contributed by atoms with Crippen molar-refractivity contribution in [1.29, 1.82) is 0 Å². The number of sulfonamides is 1. The van der Waals surface area contributed by atoms with Crippen LogP contribution in [0.4, 0.5) is 11.4 Å². The highest BCUT2D eigenvalue weighted by molar-refractivity contribution is 7.91. The van der Waals surface area contributed by atoms with E-state index in [-0.39, 0.29) is 34.6 Å². The fourth-order valence-corrected chi connectivity index (χ4v) is 6.16. The Labute approximate surface area is 176 Å². The number of nitro groups is 1. The van der Waals surface area contributed by atoms with Crippen molar-refractivity contribution in [3.05, 3.63) is 44.8 Å². The van der Waals surface area contributed by atoms with Crippen LogP contribution in [-0.4, -0.2) is 43.8 Å². The fraction of sp³-hybridized carbons (Fsp3) is 0.353. The van der Waals surface area contributed by atoms with E-state index in [0.717, 1.165) is 11.3 Å². The van der Waals surface area contributed by atoms with Crippen molar-refractivity contribution in [2.75, 3.05) is 25.5 Å². The van der Waals surface area contributed by atoms with Crippen LogP contribution in [-0.2, 0) is 14.8 Å². The summed E-state index contributed by atoms with van der Waals surface area (Å²) >= 11 is 6.81. The molecule has 1 aromatic heterocycles. The van der Waals surface area contributed by atoms with Crippen molar-refractivity contribution in [2.24, 2.45) is 5.92 Å². The lowest BCUT2D eigenvalue weighted by atomic mass is 9.97. The molecule has 1 N–H and O–H groups in total. The Balaban J connectivity index is 1.66. The normalized spacial score (nSPS) is 15.8. The molecule has 0 atom stereocenters. The number of halogens is 1. The largest absolute Gasteiger partial charge is 0.496 e.